The Hall–Kier alpha value is -2.87. The van der Waals surface area contributed by atoms with Gasteiger partial charge in [-0.05, 0) is 61.0 Å². The lowest BCUT2D eigenvalue weighted by Gasteiger charge is -2.34. The Morgan fingerprint density at radius 3 is 2.23 bits per heavy atom. The third-order valence-electron chi connectivity index (χ3n) is 6.40. The fourth-order valence-corrected chi connectivity index (χ4v) is 5.94. The number of piperazine rings is 1. The van der Waals surface area contributed by atoms with E-state index in [1.54, 1.807) is 54.6 Å². The smallest absolute Gasteiger partial charge is 0.264 e. The van der Waals surface area contributed by atoms with Crippen LogP contribution in [0.25, 0.3) is 0 Å². The van der Waals surface area contributed by atoms with Crippen molar-refractivity contribution in [2.75, 3.05) is 37.0 Å². The molecule has 0 aromatic heterocycles. The van der Waals surface area contributed by atoms with E-state index >= 15 is 0 Å². The summed E-state index contributed by atoms with van der Waals surface area (Å²) in [4.78, 5) is 17.4. The topological polar surface area (TPSA) is 60.9 Å². The molecule has 35 heavy (non-hydrogen) atoms. The molecule has 1 heterocycles. The van der Waals surface area contributed by atoms with Gasteiger partial charge in [0.2, 0.25) is 0 Å². The second kappa shape index (κ2) is 10.8. The van der Waals surface area contributed by atoms with E-state index in [1.165, 1.54) is 4.31 Å². The van der Waals surface area contributed by atoms with Gasteiger partial charge in [0.25, 0.3) is 15.9 Å². The van der Waals surface area contributed by atoms with E-state index in [1.807, 2.05) is 30.0 Å². The van der Waals surface area contributed by atoms with E-state index in [0.717, 1.165) is 30.8 Å². The third kappa shape index (κ3) is 5.69. The first kappa shape index (κ1) is 25.2. The van der Waals surface area contributed by atoms with Crippen LogP contribution in [0, 0.1) is 6.92 Å². The van der Waals surface area contributed by atoms with Gasteiger partial charge in [0.1, 0.15) is 0 Å². The van der Waals surface area contributed by atoms with Crippen molar-refractivity contribution in [3.8, 4) is 0 Å². The molecule has 0 atom stereocenters. The summed E-state index contributed by atoms with van der Waals surface area (Å²) >= 11 is 6.24. The minimum atomic E-state index is -3.85. The van der Waals surface area contributed by atoms with Gasteiger partial charge in [0.15, 0.2) is 0 Å². The number of hydrogen-bond donors (Lipinski definition) is 0. The lowest BCUT2D eigenvalue weighted by Crippen LogP contribution is -2.48. The highest BCUT2D eigenvalue weighted by molar-refractivity contribution is 7.92. The van der Waals surface area contributed by atoms with Crippen LogP contribution in [0.15, 0.2) is 77.7 Å². The Morgan fingerprint density at radius 1 is 0.943 bits per heavy atom. The molecule has 1 saturated heterocycles. The SMILES string of the molecule is CCN1CCN(C(=O)c2ccc(CN(c3cc(Cl)ccc3C)S(=O)(=O)c3ccccc3)cc2)CC1. The number of carbonyl (C=O) groups excluding carboxylic acids is 1. The lowest BCUT2D eigenvalue weighted by molar-refractivity contribution is 0.0643. The van der Waals surface area contributed by atoms with Crippen LogP contribution < -0.4 is 4.31 Å². The molecule has 8 heteroatoms. The van der Waals surface area contributed by atoms with Crippen LogP contribution in [-0.2, 0) is 16.6 Å². The van der Waals surface area contributed by atoms with Crippen molar-refractivity contribution < 1.29 is 13.2 Å². The van der Waals surface area contributed by atoms with Gasteiger partial charge >= 0.3 is 0 Å². The summed E-state index contributed by atoms with van der Waals surface area (Å²) in [5.41, 5.74) is 2.70. The number of amides is 1. The Bertz CT molecular complexity index is 1270. The van der Waals surface area contributed by atoms with Crippen LogP contribution in [0.5, 0.6) is 0 Å². The molecule has 1 aliphatic rings. The fourth-order valence-electron chi connectivity index (χ4n) is 4.24. The van der Waals surface area contributed by atoms with Gasteiger partial charge in [0, 0.05) is 36.8 Å². The predicted octanol–water partition coefficient (Wildman–Crippen LogP) is 4.82. The number of anilines is 1. The molecule has 0 unspecified atom stereocenters. The molecule has 4 rings (SSSR count). The van der Waals surface area contributed by atoms with E-state index in [9.17, 15) is 13.2 Å². The van der Waals surface area contributed by atoms with Crippen molar-refractivity contribution in [2.24, 2.45) is 0 Å². The zero-order chi connectivity index (χ0) is 25.0. The standard InChI is InChI=1S/C27H30ClN3O3S/c1-3-29-15-17-30(18-16-29)27(32)23-12-10-22(11-13-23)20-31(26-19-24(28)14-9-21(26)2)35(33,34)25-7-5-4-6-8-25/h4-14,19H,3,15-18,20H2,1-2H3. The molecule has 1 aliphatic heterocycles. The summed E-state index contributed by atoms with van der Waals surface area (Å²) in [7, 11) is -3.85. The first-order valence-corrected chi connectivity index (χ1v) is 13.6. The number of nitrogens with zero attached hydrogens (tertiary/aromatic N) is 3. The number of hydrogen-bond acceptors (Lipinski definition) is 4. The first-order chi connectivity index (χ1) is 16.8. The summed E-state index contributed by atoms with van der Waals surface area (Å²) in [5.74, 6) is 0.00625. The Morgan fingerprint density at radius 2 is 1.60 bits per heavy atom. The van der Waals surface area contributed by atoms with Gasteiger partial charge in [0.05, 0.1) is 17.1 Å². The van der Waals surface area contributed by atoms with Crippen molar-refractivity contribution >= 4 is 33.2 Å². The molecule has 0 spiro atoms. The number of carbonyl (C=O) groups is 1. The van der Waals surface area contributed by atoms with Crippen molar-refractivity contribution in [1.82, 2.24) is 9.80 Å². The minimum Gasteiger partial charge on any atom is -0.336 e. The Kier molecular flexibility index (Phi) is 7.79. The molecule has 0 aliphatic carbocycles. The monoisotopic (exact) mass is 511 g/mol. The summed E-state index contributed by atoms with van der Waals surface area (Å²) in [6.07, 6.45) is 0. The maximum absolute atomic E-state index is 13.7. The number of aryl methyl sites for hydroxylation is 1. The average Bonchev–Trinajstić information content (AvgIpc) is 2.89. The molecule has 0 N–H and O–H groups in total. The summed E-state index contributed by atoms with van der Waals surface area (Å²) in [6.45, 7) is 8.28. The van der Waals surface area contributed by atoms with Crippen LogP contribution >= 0.6 is 11.6 Å². The number of likely N-dealkylation sites (N-methyl/N-ethyl adjacent to an activating group) is 1. The Labute approximate surface area is 212 Å². The van der Waals surface area contributed by atoms with E-state index < -0.39 is 10.0 Å². The molecule has 3 aromatic rings. The average molecular weight is 512 g/mol. The van der Waals surface area contributed by atoms with Gasteiger partial charge in [-0.25, -0.2) is 8.42 Å². The highest BCUT2D eigenvalue weighted by atomic mass is 35.5. The molecule has 0 radical (unpaired) electrons. The van der Waals surface area contributed by atoms with E-state index in [4.69, 9.17) is 11.6 Å². The van der Waals surface area contributed by atoms with Gasteiger partial charge in [-0.1, -0.05) is 54.9 Å². The first-order valence-electron chi connectivity index (χ1n) is 11.7. The van der Waals surface area contributed by atoms with E-state index in [0.29, 0.717) is 29.4 Å². The van der Waals surface area contributed by atoms with Crippen molar-refractivity contribution in [1.29, 1.82) is 0 Å². The quantitative estimate of drug-likeness (QED) is 0.456. The summed E-state index contributed by atoms with van der Waals surface area (Å²) in [6, 6.07) is 20.8. The van der Waals surface area contributed by atoms with Gasteiger partial charge in [-0.2, -0.15) is 0 Å². The fraction of sp³-hybridized carbons (Fsp3) is 0.296. The normalized spacial score (nSPS) is 14.7. The molecule has 0 saturated carbocycles. The maximum Gasteiger partial charge on any atom is 0.264 e. The van der Waals surface area contributed by atoms with Crippen LogP contribution in [0.4, 0.5) is 5.69 Å². The van der Waals surface area contributed by atoms with Gasteiger partial charge < -0.3 is 9.80 Å². The van der Waals surface area contributed by atoms with Crippen molar-refractivity contribution in [3.63, 3.8) is 0 Å². The van der Waals surface area contributed by atoms with Crippen LogP contribution in [0.3, 0.4) is 0 Å². The zero-order valence-corrected chi connectivity index (χ0v) is 21.6. The highest BCUT2D eigenvalue weighted by Crippen LogP contribution is 2.31. The number of rotatable bonds is 7. The zero-order valence-electron chi connectivity index (χ0n) is 20.0. The van der Waals surface area contributed by atoms with Gasteiger partial charge in [-0.3, -0.25) is 9.10 Å². The molecule has 1 fully saturated rings. The predicted molar refractivity (Wildman–Crippen MR) is 140 cm³/mol. The number of sulfonamides is 1. The summed E-state index contributed by atoms with van der Waals surface area (Å²) < 4.78 is 28.7. The third-order valence-corrected chi connectivity index (χ3v) is 8.41. The molecule has 184 valence electrons. The molecule has 1 amide bonds. The number of halogens is 1. The van der Waals surface area contributed by atoms with E-state index in [-0.39, 0.29) is 17.3 Å². The van der Waals surface area contributed by atoms with Crippen molar-refractivity contribution in [3.05, 3.63) is 94.5 Å². The molecule has 3 aromatic carbocycles. The van der Waals surface area contributed by atoms with Crippen LogP contribution in [-0.4, -0.2) is 56.8 Å². The molecule has 6 nitrogen and oxygen atoms in total. The Balaban J connectivity index is 1.60. The molecular weight excluding hydrogens is 482 g/mol. The molecular formula is C27H30ClN3O3S. The summed E-state index contributed by atoms with van der Waals surface area (Å²) in [5, 5.41) is 0.461. The second-order valence-electron chi connectivity index (χ2n) is 8.68. The lowest BCUT2D eigenvalue weighted by atomic mass is 10.1. The largest absolute Gasteiger partial charge is 0.336 e. The second-order valence-corrected chi connectivity index (χ2v) is 11.0. The number of benzene rings is 3. The van der Waals surface area contributed by atoms with Crippen LogP contribution in [0.2, 0.25) is 5.02 Å². The highest BCUT2D eigenvalue weighted by Gasteiger charge is 2.27. The van der Waals surface area contributed by atoms with Crippen LogP contribution in [0.1, 0.15) is 28.4 Å². The maximum atomic E-state index is 13.7. The van der Waals surface area contributed by atoms with Gasteiger partial charge in [-0.15, -0.1) is 0 Å². The van der Waals surface area contributed by atoms with Crippen molar-refractivity contribution in [2.45, 2.75) is 25.3 Å². The minimum absolute atomic E-state index is 0.00625. The van der Waals surface area contributed by atoms with E-state index in [2.05, 4.69) is 11.8 Å². The molecule has 0 bridgehead atoms.